The molecule has 0 unspecified atom stereocenters. The first-order valence-corrected chi connectivity index (χ1v) is 6.17. The molecule has 5 nitrogen and oxygen atoms in total. The van der Waals surface area contributed by atoms with Crippen LogP contribution in [0.1, 0.15) is 15.9 Å². The average molecular weight is 268 g/mol. The molecule has 1 heterocycles. The van der Waals surface area contributed by atoms with Crippen molar-refractivity contribution in [3.63, 3.8) is 0 Å². The van der Waals surface area contributed by atoms with E-state index in [4.69, 9.17) is 4.42 Å². The van der Waals surface area contributed by atoms with Crippen LogP contribution in [0.15, 0.2) is 57.7 Å². The van der Waals surface area contributed by atoms with E-state index in [0.29, 0.717) is 23.2 Å². The molecule has 0 spiro atoms. The third kappa shape index (κ3) is 2.47. The second-order valence-corrected chi connectivity index (χ2v) is 4.39. The number of hydrogen-bond acceptors (Lipinski definition) is 3. The summed E-state index contributed by atoms with van der Waals surface area (Å²) in [6, 6.07) is 14.5. The highest BCUT2D eigenvalue weighted by atomic mass is 16.4. The molecule has 2 N–H and O–H groups in total. The van der Waals surface area contributed by atoms with Crippen molar-refractivity contribution in [3.05, 3.63) is 70.2 Å². The van der Waals surface area contributed by atoms with Crippen LogP contribution >= 0.6 is 0 Å². The van der Waals surface area contributed by atoms with Crippen LogP contribution in [0.3, 0.4) is 0 Å². The van der Waals surface area contributed by atoms with Crippen LogP contribution in [0, 0.1) is 0 Å². The first-order valence-electron chi connectivity index (χ1n) is 6.17. The minimum Gasteiger partial charge on any atom is -0.408 e. The predicted octanol–water partition coefficient (Wildman–Crippen LogP) is 2.05. The molecule has 3 aromatic rings. The standard InChI is InChI=1S/C15H12N2O3/c18-14(16-9-10-4-2-1-3-5-10)11-6-7-13-12(8-11)17-15(19)20-13/h1-8H,9H2,(H,16,18)(H,17,19). The molecule has 0 bridgehead atoms. The van der Waals surface area contributed by atoms with E-state index in [0.717, 1.165) is 5.56 Å². The van der Waals surface area contributed by atoms with E-state index in [1.807, 2.05) is 30.3 Å². The van der Waals surface area contributed by atoms with Crippen molar-refractivity contribution >= 4 is 17.0 Å². The first kappa shape index (κ1) is 12.2. The number of rotatable bonds is 3. The summed E-state index contributed by atoms with van der Waals surface area (Å²) in [6.07, 6.45) is 0. The van der Waals surface area contributed by atoms with Crippen LogP contribution < -0.4 is 11.1 Å². The van der Waals surface area contributed by atoms with Crippen molar-refractivity contribution in [1.29, 1.82) is 0 Å². The van der Waals surface area contributed by atoms with Crippen molar-refractivity contribution < 1.29 is 9.21 Å². The number of carbonyl (C=O) groups excluding carboxylic acids is 1. The van der Waals surface area contributed by atoms with Crippen molar-refractivity contribution in [2.75, 3.05) is 0 Å². The van der Waals surface area contributed by atoms with Gasteiger partial charge in [-0.15, -0.1) is 0 Å². The second kappa shape index (κ2) is 5.05. The fraction of sp³-hybridized carbons (Fsp3) is 0.0667. The van der Waals surface area contributed by atoms with Crippen LogP contribution in [0.4, 0.5) is 0 Å². The molecule has 1 amide bonds. The van der Waals surface area contributed by atoms with Gasteiger partial charge in [0.15, 0.2) is 5.58 Å². The van der Waals surface area contributed by atoms with Gasteiger partial charge in [0, 0.05) is 12.1 Å². The second-order valence-electron chi connectivity index (χ2n) is 4.39. The number of H-pyrrole nitrogens is 1. The number of hydrogen-bond donors (Lipinski definition) is 2. The summed E-state index contributed by atoms with van der Waals surface area (Å²) < 4.78 is 4.89. The number of benzene rings is 2. The molecular weight excluding hydrogens is 256 g/mol. The molecule has 0 fully saturated rings. The predicted molar refractivity (Wildman–Crippen MR) is 74.4 cm³/mol. The molecule has 2 aromatic carbocycles. The first-order chi connectivity index (χ1) is 9.72. The smallest absolute Gasteiger partial charge is 0.408 e. The molecule has 0 aliphatic rings. The Bertz CT molecular complexity index is 803. The van der Waals surface area contributed by atoms with E-state index in [1.54, 1.807) is 18.2 Å². The Kier molecular flexibility index (Phi) is 3.09. The summed E-state index contributed by atoms with van der Waals surface area (Å²) in [5.74, 6) is -0.723. The zero-order chi connectivity index (χ0) is 13.9. The Morgan fingerprint density at radius 2 is 1.95 bits per heavy atom. The SMILES string of the molecule is O=C(NCc1ccccc1)c1ccc2oc(=O)[nH]c2c1. The number of nitrogens with one attached hydrogen (secondary N) is 2. The fourth-order valence-corrected chi connectivity index (χ4v) is 1.97. The lowest BCUT2D eigenvalue weighted by molar-refractivity contribution is 0.0951. The molecule has 0 aliphatic carbocycles. The number of fused-ring (bicyclic) bond motifs is 1. The average Bonchev–Trinajstić information content (AvgIpc) is 2.85. The molecule has 0 radical (unpaired) electrons. The van der Waals surface area contributed by atoms with Crippen LogP contribution in [0.2, 0.25) is 0 Å². The van der Waals surface area contributed by atoms with Gasteiger partial charge in [0.1, 0.15) is 0 Å². The zero-order valence-corrected chi connectivity index (χ0v) is 10.6. The largest absolute Gasteiger partial charge is 0.417 e. The third-order valence-corrected chi connectivity index (χ3v) is 2.98. The molecule has 1 aromatic heterocycles. The maximum Gasteiger partial charge on any atom is 0.417 e. The van der Waals surface area contributed by atoms with Crippen LogP contribution in [0.25, 0.3) is 11.1 Å². The van der Waals surface area contributed by atoms with E-state index in [-0.39, 0.29) is 5.91 Å². The summed E-state index contributed by atoms with van der Waals surface area (Å²) >= 11 is 0. The van der Waals surface area contributed by atoms with E-state index in [2.05, 4.69) is 10.3 Å². The van der Waals surface area contributed by atoms with Crippen molar-refractivity contribution in [3.8, 4) is 0 Å². The topological polar surface area (TPSA) is 75.1 Å². The van der Waals surface area contributed by atoms with Crippen LogP contribution in [0.5, 0.6) is 0 Å². The van der Waals surface area contributed by atoms with Crippen molar-refractivity contribution in [2.45, 2.75) is 6.54 Å². The molecular formula is C15H12N2O3. The maximum absolute atomic E-state index is 12.0. The number of amides is 1. The Morgan fingerprint density at radius 3 is 2.75 bits per heavy atom. The van der Waals surface area contributed by atoms with Crippen LogP contribution in [-0.4, -0.2) is 10.9 Å². The molecule has 3 rings (SSSR count). The van der Waals surface area contributed by atoms with Gasteiger partial charge in [-0.2, -0.15) is 0 Å². The summed E-state index contributed by atoms with van der Waals surface area (Å²) in [5, 5.41) is 2.83. The number of carbonyl (C=O) groups is 1. The highest BCUT2D eigenvalue weighted by molar-refractivity contribution is 5.96. The molecule has 100 valence electrons. The van der Waals surface area contributed by atoms with E-state index < -0.39 is 5.76 Å². The number of oxazole rings is 1. The minimum absolute atomic E-state index is 0.196. The molecule has 20 heavy (non-hydrogen) atoms. The lowest BCUT2D eigenvalue weighted by atomic mass is 10.2. The van der Waals surface area contributed by atoms with Gasteiger partial charge in [-0.1, -0.05) is 30.3 Å². The van der Waals surface area contributed by atoms with Gasteiger partial charge >= 0.3 is 5.76 Å². The van der Waals surface area contributed by atoms with Crippen molar-refractivity contribution in [2.24, 2.45) is 0 Å². The normalized spacial score (nSPS) is 10.6. The minimum atomic E-state index is -0.526. The monoisotopic (exact) mass is 268 g/mol. The van der Waals surface area contributed by atoms with Crippen molar-refractivity contribution in [1.82, 2.24) is 10.3 Å². The fourth-order valence-electron chi connectivity index (χ4n) is 1.97. The molecule has 0 saturated heterocycles. The highest BCUT2D eigenvalue weighted by Gasteiger charge is 2.08. The van der Waals surface area contributed by atoms with Gasteiger partial charge in [-0.25, -0.2) is 4.79 Å². The lowest BCUT2D eigenvalue weighted by Gasteiger charge is -2.05. The maximum atomic E-state index is 12.0. The molecule has 0 saturated carbocycles. The summed E-state index contributed by atoms with van der Waals surface area (Å²) in [5.41, 5.74) is 2.46. The number of aromatic nitrogens is 1. The highest BCUT2D eigenvalue weighted by Crippen LogP contribution is 2.12. The van der Waals surface area contributed by atoms with E-state index >= 15 is 0 Å². The number of aromatic amines is 1. The molecule has 5 heteroatoms. The summed E-state index contributed by atoms with van der Waals surface area (Å²) in [7, 11) is 0. The Morgan fingerprint density at radius 1 is 1.15 bits per heavy atom. The van der Waals surface area contributed by atoms with Gasteiger partial charge in [-0.3, -0.25) is 9.78 Å². The van der Waals surface area contributed by atoms with Gasteiger partial charge in [-0.05, 0) is 23.8 Å². The van der Waals surface area contributed by atoms with Gasteiger partial charge in [0.2, 0.25) is 0 Å². The Balaban J connectivity index is 1.76. The summed E-state index contributed by atoms with van der Waals surface area (Å²) in [4.78, 5) is 25.6. The quantitative estimate of drug-likeness (QED) is 0.763. The van der Waals surface area contributed by atoms with Gasteiger partial charge in [0.25, 0.3) is 5.91 Å². The lowest BCUT2D eigenvalue weighted by Crippen LogP contribution is -2.22. The zero-order valence-electron chi connectivity index (χ0n) is 10.6. The van der Waals surface area contributed by atoms with E-state index in [1.165, 1.54) is 0 Å². The Hall–Kier alpha value is -2.82. The Labute approximate surface area is 114 Å². The van der Waals surface area contributed by atoms with E-state index in [9.17, 15) is 9.59 Å². The molecule has 0 aliphatic heterocycles. The van der Waals surface area contributed by atoms with Gasteiger partial charge in [0.05, 0.1) is 5.52 Å². The summed E-state index contributed by atoms with van der Waals surface area (Å²) in [6.45, 7) is 0.458. The van der Waals surface area contributed by atoms with Gasteiger partial charge < -0.3 is 9.73 Å². The molecule has 0 atom stereocenters. The van der Waals surface area contributed by atoms with Crippen LogP contribution in [-0.2, 0) is 6.54 Å². The third-order valence-electron chi connectivity index (χ3n) is 2.98.